The lowest BCUT2D eigenvalue weighted by molar-refractivity contribution is 0.0616. The van der Waals surface area contributed by atoms with Crippen LogP contribution < -0.4 is 5.73 Å². The molecule has 0 saturated heterocycles. The van der Waals surface area contributed by atoms with E-state index in [2.05, 4.69) is 11.8 Å². The van der Waals surface area contributed by atoms with E-state index in [-0.39, 0.29) is 0 Å². The number of nitrogens with zero attached hydrogens (tertiary/aromatic N) is 1. The molecule has 0 bridgehead atoms. The van der Waals surface area contributed by atoms with Crippen molar-refractivity contribution < 1.29 is 9.47 Å². The average Bonchev–Trinajstić information content (AvgIpc) is 2.50. The van der Waals surface area contributed by atoms with Gasteiger partial charge in [0.2, 0.25) is 0 Å². The van der Waals surface area contributed by atoms with Gasteiger partial charge in [-0.25, -0.2) is 0 Å². The second-order valence-electron chi connectivity index (χ2n) is 5.52. The predicted molar refractivity (Wildman–Crippen MR) is 90.8 cm³/mol. The molecular weight excluding hydrogens is 264 g/mol. The monoisotopic (exact) mass is 302 g/mol. The Morgan fingerprint density at radius 1 is 0.857 bits per heavy atom. The quantitative estimate of drug-likeness (QED) is 0.445. The fourth-order valence-corrected chi connectivity index (χ4v) is 2.56. The lowest BCUT2D eigenvalue weighted by atomic mass is 10.1. The molecule has 0 fully saturated rings. The van der Waals surface area contributed by atoms with Gasteiger partial charge in [0.05, 0.1) is 13.2 Å². The summed E-state index contributed by atoms with van der Waals surface area (Å²) in [5.41, 5.74) is 6.00. The highest BCUT2D eigenvalue weighted by Gasteiger charge is 2.16. The molecule has 0 spiro atoms. The summed E-state index contributed by atoms with van der Waals surface area (Å²) in [6.45, 7) is 12.1. The zero-order valence-corrected chi connectivity index (χ0v) is 14.6. The molecule has 0 aliphatic rings. The Balaban J connectivity index is 4.09. The predicted octanol–water partition coefficient (Wildman–Crippen LogP) is 3.05. The molecule has 0 aliphatic heterocycles. The Morgan fingerprint density at radius 3 is 1.90 bits per heavy atom. The van der Waals surface area contributed by atoms with Crippen molar-refractivity contribution >= 4 is 0 Å². The summed E-state index contributed by atoms with van der Waals surface area (Å²) in [6, 6.07) is 0.465. The first-order valence-electron chi connectivity index (χ1n) is 8.89. The molecule has 0 rings (SSSR count). The van der Waals surface area contributed by atoms with Gasteiger partial charge in [0, 0.05) is 38.9 Å². The van der Waals surface area contributed by atoms with Crippen LogP contribution in [0.4, 0.5) is 0 Å². The molecule has 0 saturated carbocycles. The smallest absolute Gasteiger partial charge is 0.0593 e. The number of hydrogen-bond acceptors (Lipinski definition) is 4. The molecule has 21 heavy (non-hydrogen) atoms. The van der Waals surface area contributed by atoms with Crippen LogP contribution in [0.3, 0.4) is 0 Å². The van der Waals surface area contributed by atoms with E-state index in [1.165, 1.54) is 38.5 Å². The first-order chi connectivity index (χ1) is 10.3. The lowest BCUT2D eigenvalue weighted by Gasteiger charge is -2.31. The largest absolute Gasteiger partial charge is 0.380 e. The van der Waals surface area contributed by atoms with Crippen molar-refractivity contribution in [3.63, 3.8) is 0 Å². The van der Waals surface area contributed by atoms with Crippen LogP contribution in [0.25, 0.3) is 0 Å². The molecule has 2 N–H and O–H groups in total. The number of nitrogens with two attached hydrogens (primary N) is 1. The molecule has 128 valence electrons. The lowest BCUT2D eigenvalue weighted by Crippen LogP contribution is -2.44. The van der Waals surface area contributed by atoms with Gasteiger partial charge in [-0.2, -0.15) is 0 Å². The molecule has 0 amide bonds. The Kier molecular flexibility index (Phi) is 16.1. The van der Waals surface area contributed by atoms with Crippen molar-refractivity contribution in [1.29, 1.82) is 0 Å². The van der Waals surface area contributed by atoms with Crippen molar-refractivity contribution in [2.75, 3.05) is 46.1 Å². The topological polar surface area (TPSA) is 47.7 Å². The minimum Gasteiger partial charge on any atom is -0.380 e. The third-order valence-electron chi connectivity index (χ3n) is 3.88. The molecule has 0 aromatic carbocycles. The highest BCUT2D eigenvalue weighted by atomic mass is 16.5. The highest BCUT2D eigenvalue weighted by molar-refractivity contribution is 4.73. The normalized spacial score (nSPS) is 13.0. The van der Waals surface area contributed by atoms with E-state index >= 15 is 0 Å². The van der Waals surface area contributed by atoms with Gasteiger partial charge < -0.3 is 15.2 Å². The SMILES string of the molecule is CCCCCCCC(CN)N(CCOCC)CCOCC. The van der Waals surface area contributed by atoms with Gasteiger partial charge in [-0.1, -0.05) is 39.0 Å². The third kappa shape index (κ3) is 12.1. The second kappa shape index (κ2) is 16.2. The number of rotatable bonds is 16. The van der Waals surface area contributed by atoms with Gasteiger partial charge in [0.15, 0.2) is 0 Å². The first-order valence-corrected chi connectivity index (χ1v) is 8.89. The van der Waals surface area contributed by atoms with Crippen LogP contribution in [0.15, 0.2) is 0 Å². The number of hydrogen-bond donors (Lipinski definition) is 1. The summed E-state index contributed by atoms with van der Waals surface area (Å²) in [5, 5.41) is 0. The molecule has 0 aliphatic carbocycles. The van der Waals surface area contributed by atoms with Crippen LogP contribution in [0.2, 0.25) is 0 Å². The molecular formula is C17H38N2O2. The summed E-state index contributed by atoms with van der Waals surface area (Å²) in [6.07, 6.45) is 7.81. The molecule has 0 aromatic rings. The summed E-state index contributed by atoms with van der Waals surface area (Å²) >= 11 is 0. The minimum atomic E-state index is 0.465. The zero-order chi connectivity index (χ0) is 15.8. The van der Waals surface area contributed by atoms with Gasteiger partial charge in [-0.15, -0.1) is 0 Å². The number of unbranched alkanes of at least 4 members (excludes halogenated alkanes) is 4. The van der Waals surface area contributed by atoms with Crippen molar-refractivity contribution in [2.24, 2.45) is 5.73 Å². The van der Waals surface area contributed by atoms with Gasteiger partial charge in [0.1, 0.15) is 0 Å². The second-order valence-corrected chi connectivity index (χ2v) is 5.52. The van der Waals surface area contributed by atoms with E-state index in [4.69, 9.17) is 15.2 Å². The molecule has 4 nitrogen and oxygen atoms in total. The molecule has 1 atom stereocenters. The molecule has 0 heterocycles. The minimum absolute atomic E-state index is 0.465. The van der Waals surface area contributed by atoms with E-state index in [1.54, 1.807) is 0 Å². The maximum atomic E-state index is 6.00. The van der Waals surface area contributed by atoms with Crippen LogP contribution in [0.5, 0.6) is 0 Å². The summed E-state index contributed by atoms with van der Waals surface area (Å²) in [5.74, 6) is 0. The Labute approximate surface area is 132 Å². The highest BCUT2D eigenvalue weighted by Crippen LogP contribution is 2.11. The van der Waals surface area contributed by atoms with Crippen molar-refractivity contribution in [1.82, 2.24) is 4.90 Å². The summed E-state index contributed by atoms with van der Waals surface area (Å²) < 4.78 is 11.0. The maximum Gasteiger partial charge on any atom is 0.0593 e. The van der Waals surface area contributed by atoms with Gasteiger partial charge >= 0.3 is 0 Å². The third-order valence-corrected chi connectivity index (χ3v) is 3.88. The summed E-state index contributed by atoms with van der Waals surface area (Å²) in [7, 11) is 0. The fraction of sp³-hybridized carbons (Fsp3) is 1.00. The molecule has 4 heteroatoms. The van der Waals surface area contributed by atoms with E-state index in [0.29, 0.717) is 6.04 Å². The van der Waals surface area contributed by atoms with Gasteiger partial charge in [0.25, 0.3) is 0 Å². The maximum absolute atomic E-state index is 6.00. The van der Waals surface area contributed by atoms with E-state index < -0.39 is 0 Å². The van der Waals surface area contributed by atoms with Gasteiger partial charge in [-0.05, 0) is 20.3 Å². The average molecular weight is 303 g/mol. The van der Waals surface area contributed by atoms with Crippen molar-refractivity contribution in [3.8, 4) is 0 Å². The van der Waals surface area contributed by atoms with Crippen LogP contribution >= 0.6 is 0 Å². The summed E-state index contributed by atoms with van der Waals surface area (Å²) in [4.78, 5) is 2.45. The molecule has 0 radical (unpaired) electrons. The fourth-order valence-electron chi connectivity index (χ4n) is 2.56. The Bertz CT molecular complexity index is 193. The van der Waals surface area contributed by atoms with Crippen molar-refractivity contribution in [2.45, 2.75) is 65.3 Å². The van der Waals surface area contributed by atoms with Crippen LogP contribution in [-0.4, -0.2) is 57.0 Å². The Morgan fingerprint density at radius 2 is 1.43 bits per heavy atom. The first kappa shape index (κ1) is 20.8. The van der Waals surface area contributed by atoms with Crippen LogP contribution in [0, 0.1) is 0 Å². The van der Waals surface area contributed by atoms with E-state index in [0.717, 1.165) is 46.1 Å². The van der Waals surface area contributed by atoms with E-state index in [1.807, 2.05) is 13.8 Å². The Hall–Kier alpha value is -0.160. The van der Waals surface area contributed by atoms with Crippen LogP contribution in [0.1, 0.15) is 59.3 Å². The molecule has 1 unspecified atom stereocenters. The zero-order valence-electron chi connectivity index (χ0n) is 14.6. The van der Waals surface area contributed by atoms with E-state index in [9.17, 15) is 0 Å². The molecule has 0 aromatic heterocycles. The number of ether oxygens (including phenoxy) is 2. The van der Waals surface area contributed by atoms with Gasteiger partial charge in [-0.3, -0.25) is 4.90 Å². The van der Waals surface area contributed by atoms with Crippen molar-refractivity contribution in [3.05, 3.63) is 0 Å². The van der Waals surface area contributed by atoms with Crippen LogP contribution in [-0.2, 0) is 9.47 Å². The standard InChI is InChI=1S/C17H38N2O2/c1-4-7-8-9-10-11-17(16-18)19(12-14-20-5-2)13-15-21-6-3/h17H,4-16,18H2,1-3H3.